The van der Waals surface area contributed by atoms with Crippen LogP contribution in [0.4, 0.5) is 5.82 Å². The molecule has 0 aliphatic rings. The maximum atomic E-state index is 12.1. The highest BCUT2D eigenvalue weighted by Crippen LogP contribution is 2.13. The molecule has 0 unspecified atom stereocenters. The molecule has 0 bridgehead atoms. The molecule has 6 nitrogen and oxygen atoms in total. The van der Waals surface area contributed by atoms with Crippen molar-refractivity contribution < 1.29 is 9.32 Å². The molecule has 2 heterocycles. The lowest BCUT2D eigenvalue weighted by Gasteiger charge is -2.08. The molecule has 0 saturated carbocycles. The number of amides is 1. The summed E-state index contributed by atoms with van der Waals surface area (Å²) in [5, 5.41) is 9.58. The monoisotopic (exact) mass is 260 g/mol. The van der Waals surface area contributed by atoms with Gasteiger partial charge >= 0.3 is 0 Å². The van der Waals surface area contributed by atoms with Crippen molar-refractivity contribution in [2.75, 3.05) is 12.4 Å². The molecule has 2 rings (SSSR count). The van der Waals surface area contributed by atoms with Crippen LogP contribution in [0.2, 0.25) is 0 Å². The summed E-state index contributed by atoms with van der Waals surface area (Å²) in [5.41, 5.74) is 2.21. The molecule has 6 heteroatoms. The molecule has 0 saturated heterocycles. The molecule has 0 spiro atoms. The predicted molar refractivity (Wildman–Crippen MR) is 70.9 cm³/mol. The van der Waals surface area contributed by atoms with Crippen LogP contribution in [0.5, 0.6) is 0 Å². The normalized spacial score (nSPS) is 10.3. The summed E-state index contributed by atoms with van der Waals surface area (Å²) >= 11 is 0. The summed E-state index contributed by atoms with van der Waals surface area (Å²) in [6.07, 6.45) is 1.64. The van der Waals surface area contributed by atoms with Crippen LogP contribution < -0.4 is 10.6 Å². The lowest BCUT2D eigenvalue weighted by atomic mass is 10.2. The van der Waals surface area contributed by atoms with E-state index in [1.54, 1.807) is 25.4 Å². The largest absolute Gasteiger partial charge is 0.372 e. The average Bonchev–Trinajstić information content (AvgIpc) is 2.75. The van der Waals surface area contributed by atoms with E-state index in [0.29, 0.717) is 17.9 Å². The number of nitrogens with zero attached hydrogens (tertiary/aromatic N) is 2. The standard InChI is InChI=1S/C13H16N4O2/c1-8-11(9(2)19-17-8)7-16-13(18)10-5-4-6-15-12(10)14-3/h4-6H,7H2,1-3H3,(H,14,15)(H,16,18). The summed E-state index contributed by atoms with van der Waals surface area (Å²) < 4.78 is 5.05. The van der Waals surface area contributed by atoms with E-state index in [1.807, 2.05) is 13.8 Å². The number of hydrogen-bond donors (Lipinski definition) is 2. The van der Waals surface area contributed by atoms with E-state index < -0.39 is 0 Å². The van der Waals surface area contributed by atoms with Crippen molar-refractivity contribution in [2.45, 2.75) is 20.4 Å². The lowest BCUT2D eigenvalue weighted by Crippen LogP contribution is -2.24. The fraction of sp³-hybridized carbons (Fsp3) is 0.308. The van der Waals surface area contributed by atoms with Crippen molar-refractivity contribution in [1.29, 1.82) is 0 Å². The molecule has 19 heavy (non-hydrogen) atoms. The number of nitrogens with one attached hydrogen (secondary N) is 2. The quantitative estimate of drug-likeness (QED) is 0.873. The van der Waals surface area contributed by atoms with Crippen LogP contribution in [0.25, 0.3) is 0 Å². The highest BCUT2D eigenvalue weighted by atomic mass is 16.5. The van der Waals surface area contributed by atoms with Gasteiger partial charge in [0.05, 0.1) is 11.3 Å². The molecule has 100 valence electrons. The van der Waals surface area contributed by atoms with Crippen LogP contribution >= 0.6 is 0 Å². The molecule has 2 aromatic rings. The zero-order valence-corrected chi connectivity index (χ0v) is 11.2. The van der Waals surface area contributed by atoms with E-state index in [-0.39, 0.29) is 5.91 Å². The number of carbonyl (C=O) groups excluding carboxylic acids is 1. The van der Waals surface area contributed by atoms with Crippen LogP contribution in [0.3, 0.4) is 0 Å². The highest BCUT2D eigenvalue weighted by Gasteiger charge is 2.14. The summed E-state index contributed by atoms with van der Waals surface area (Å²) in [7, 11) is 1.73. The third kappa shape index (κ3) is 2.73. The first-order chi connectivity index (χ1) is 9.13. The van der Waals surface area contributed by atoms with Gasteiger partial charge in [-0.1, -0.05) is 5.16 Å². The second-order valence-corrected chi connectivity index (χ2v) is 4.13. The zero-order valence-electron chi connectivity index (χ0n) is 11.2. The molecule has 0 atom stereocenters. The number of pyridine rings is 1. The fourth-order valence-electron chi connectivity index (χ4n) is 1.81. The van der Waals surface area contributed by atoms with Crippen LogP contribution in [-0.4, -0.2) is 23.1 Å². The van der Waals surface area contributed by atoms with E-state index >= 15 is 0 Å². The Balaban J connectivity index is 2.10. The Bertz CT molecular complexity index is 573. The molecular weight excluding hydrogens is 244 g/mol. The molecule has 0 fully saturated rings. The number of aryl methyl sites for hydroxylation is 2. The van der Waals surface area contributed by atoms with E-state index in [4.69, 9.17) is 4.52 Å². The van der Waals surface area contributed by atoms with Gasteiger partial charge in [0.2, 0.25) is 0 Å². The van der Waals surface area contributed by atoms with E-state index in [9.17, 15) is 4.79 Å². The van der Waals surface area contributed by atoms with Gasteiger partial charge in [0.15, 0.2) is 0 Å². The molecule has 0 aromatic carbocycles. The minimum Gasteiger partial charge on any atom is -0.372 e. The van der Waals surface area contributed by atoms with E-state index in [1.165, 1.54) is 0 Å². The van der Waals surface area contributed by atoms with Gasteiger partial charge in [-0.3, -0.25) is 4.79 Å². The summed E-state index contributed by atoms with van der Waals surface area (Å²) in [6, 6.07) is 3.45. The average molecular weight is 260 g/mol. The van der Waals surface area contributed by atoms with Crippen LogP contribution in [0.1, 0.15) is 27.4 Å². The number of aromatic nitrogens is 2. The Morgan fingerprint density at radius 2 is 2.21 bits per heavy atom. The lowest BCUT2D eigenvalue weighted by molar-refractivity contribution is 0.0951. The van der Waals surface area contributed by atoms with E-state index in [0.717, 1.165) is 17.0 Å². The van der Waals surface area contributed by atoms with Gasteiger partial charge in [0, 0.05) is 25.4 Å². The Morgan fingerprint density at radius 3 is 2.84 bits per heavy atom. The molecule has 1 amide bonds. The topological polar surface area (TPSA) is 80.0 Å². The van der Waals surface area contributed by atoms with Crippen molar-refractivity contribution in [3.8, 4) is 0 Å². The van der Waals surface area contributed by atoms with Gasteiger partial charge in [-0.05, 0) is 26.0 Å². The van der Waals surface area contributed by atoms with Crippen LogP contribution in [0.15, 0.2) is 22.9 Å². The maximum absolute atomic E-state index is 12.1. The molecular formula is C13H16N4O2. The van der Waals surface area contributed by atoms with Crippen molar-refractivity contribution in [3.05, 3.63) is 40.9 Å². The molecule has 0 aliphatic carbocycles. The first-order valence-electron chi connectivity index (χ1n) is 5.96. The Hall–Kier alpha value is -2.37. The first-order valence-corrected chi connectivity index (χ1v) is 5.96. The molecule has 0 aliphatic heterocycles. The van der Waals surface area contributed by atoms with Gasteiger partial charge in [0.25, 0.3) is 5.91 Å². The Morgan fingerprint density at radius 1 is 1.42 bits per heavy atom. The predicted octanol–water partition coefficient (Wildman–Crippen LogP) is 1.66. The molecule has 2 N–H and O–H groups in total. The van der Waals surface area contributed by atoms with Gasteiger partial charge in [0.1, 0.15) is 11.6 Å². The summed E-state index contributed by atoms with van der Waals surface area (Å²) in [5.74, 6) is 1.09. The second kappa shape index (κ2) is 5.51. The fourth-order valence-corrected chi connectivity index (χ4v) is 1.81. The number of rotatable bonds is 4. The number of anilines is 1. The number of hydrogen-bond acceptors (Lipinski definition) is 5. The van der Waals surface area contributed by atoms with Gasteiger partial charge in [-0.15, -0.1) is 0 Å². The van der Waals surface area contributed by atoms with Gasteiger partial charge in [-0.25, -0.2) is 4.98 Å². The minimum atomic E-state index is -0.183. The number of carbonyl (C=O) groups is 1. The maximum Gasteiger partial charge on any atom is 0.255 e. The van der Waals surface area contributed by atoms with Gasteiger partial charge < -0.3 is 15.2 Å². The third-order valence-corrected chi connectivity index (χ3v) is 2.90. The minimum absolute atomic E-state index is 0.183. The summed E-state index contributed by atoms with van der Waals surface area (Å²) in [4.78, 5) is 16.2. The van der Waals surface area contributed by atoms with E-state index in [2.05, 4.69) is 20.8 Å². The van der Waals surface area contributed by atoms with Gasteiger partial charge in [-0.2, -0.15) is 0 Å². The Labute approximate surface area is 111 Å². The first kappa shape index (κ1) is 13.1. The Kier molecular flexibility index (Phi) is 3.79. The smallest absolute Gasteiger partial charge is 0.255 e. The highest BCUT2D eigenvalue weighted by molar-refractivity contribution is 5.98. The van der Waals surface area contributed by atoms with Crippen LogP contribution in [0, 0.1) is 13.8 Å². The SMILES string of the molecule is CNc1ncccc1C(=O)NCc1c(C)noc1C. The van der Waals surface area contributed by atoms with Crippen molar-refractivity contribution in [1.82, 2.24) is 15.5 Å². The van der Waals surface area contributed by atoms with Crippen molar-refractivity contribution in [3.63, 3.8) is 0 Å². The second-order valence-electron chi connectivity index (χ2n) is 4.13. The van der Waals surface area contributed by atoms with Crippen molar-refractivity contribution >= 4 is 11.7 Å². The third-order valence-electron chi connectivity index (χ3n) is 2.90. The molecule has 0 radical (unpaired) electrons. The molecule has 2 aromatic heterocycles. The van der Waals surface area contributed by atoms with Crippen molar-refractivity contribution in [2.24, 2.45) is 0 Å². The van der Waals surface area contributed by atoms with Crippen LogP contribution in [-0.2, 0) is 6.54 Å². The zero-order chi connectivity index (χ0) is 13.8. The summed E-state index contributed by atoms with van der Waals surface area (Å²) in [6.45, 7) is 4.06.